The maximum absolute atomic E-state index is 11.9. The van der Waals surface area contributed by atoms with Gasteiger partial charge < -0.3 is 19.9 Å². The van der Waals surface area contributed by atoms with Gasteiger partial charge in [0.25, 0.3) is 5.91 Å². The summed E-state index contributed by atoms with van der Waals surface area (Å²) in [5.74, 6) is 0.848. The van der Waals surface area contributed by atoms with E-state index in [-0.39, 0.29) is 19.1 Å². The first-order valence-corrected chi connectivity index (χ1v) is 7.45. The monoisotopic (exact) mass is 335 g/mol. The van der Waals surface area contributed by atoms with Crippen molar-refractivity contribution in [3.05, 3.63) is 59.1 Å². The van der Waals surface area contributed by atoms with E-state index in [0.29, 0.717) is 22.1 Å². The zero-order valence-electron chi connectivity index (χ0n) is 12.7. The van der Waals surface area contributed by atoms with Crippen LogP contribution in [0.3, 0.4) is 0 Å². The van der Waals surface area contributed by atoms with E-state index in [1.54, 1.807) is 43.5 Å². The molecule has 1 atom stereocenters. The number of ether oxygens (including phenoxy) is 2. The number of aliphatic hydroxyl groups is 1. The van der Waals surface area contributed by atoms with E-state index in [0.717, 1.165) is 0 Å². The van der Waals surface area contributed by atoms with Crippen LogP contribution in [-0.2, 0) is 0 Å². The summed E-state index contributed by atoms with van der Waals surface area (Å²) >= 11 is 5.77. The minimum atomic E-state index is -0.837. The van der Waals surface area contributed by atoms with Crippen LogP contribution in [0.15, 0.2) is 48.5 Å². The van der Waals surface area contributed by atoms with Gasteiger partial charge in [0.2, 0.25) is 0 Å². The Morgan fingerprint density at radius 2 is 1.83 bits per heavy atom. The summed E-state index contributed by atoms with van der Waals surface area (Å²) < 4.78 is 10.7. The molecule has 1 amide bonds. The third kappa shape index (κ3) is 5.16. The Kier molecular flexibility index (Phi) is 6.26. The third-order valence-corrected chi connectivity index (χ3v) is 3.36. The van der Waals surface area contributed by atoms with E-state index >= 15 is 0 Å². The molecule has 6 heteroatoms. The Labute approximate surface area is 139 Å². The summed E-state index contributed by atoms with van der Waals surface area (Å²) in [5, 5.41) is 13.1. The zero-order valence-corrected chi connectivity index (χ0v) is 13.4. The van der Waals surface area contributed by atoms with Crippen molar-refractivity contribution in [2.24, 2.45) is 0 Å². The van der Waals surface area contributed by atoms with Gasteiger partial charge in [0.15, 0.2) is 11.5 Å². The lowest BCUT2D eigenvalue weighted by Gasteiger charge is -2.15. The van der Waals surface area contributed by atoms with E-state index in [1.807, 2.05) is 12.1 Å². The predicted octanol–water partition coefficient (Wildman–Crippen LogP) is 2.52. The Hall–Kier alpha value is -2.24. The number of methoxy groups -OCH3 is 1. The van der Waals surface area contributed by atoms with Crippen molar-refractivity contribution >= 4 is 17.5 Å². The van der Waals surface area contributed by atoms with Gasteiger partial charge >= 0.3 is 0 Å². The maximum atomic E-state index is 11.9. The summed E-state index contributed by atoms with van der Waals surface area (Å²) in [4.78, 5) is 11.9. The fraction of sp³-hybridized carbons (Fsp3) is 0.235. The molecule has 2 N–H and O–H groups in total. The number of para-hydroxylation sites is 2. The average molecular weight is 336 g/mol. The molecule has 0 fully saturated rings. The molecule has 122 valence electrons. The largest absolute Gasteiger partial charge is 0.493 e. The first-order chi connectivity index (χ1) is 11.1. The molecule has 0 bridgehead atoms. The van der Waals surface area contributed by atoms with Gasteiger partial charge in [0.05, 0.1) is 7.11 Å². The second-order valence-electron chi connectivity index (χ2n) is 4.83. The van der Waals surface area contributed by atoms with E-state index in [4.69, 9.17) is 21.1 Å². The number of hydrogen-bond donors (Lipinski definition) is 2. The van der Waals surface area contributed by atoms with Crippen LogP contribution in [0.5, 0.6) is 11.5 Å². The molecular weight excluding hydrogens is 318 g/mol. The number of carbonyl (C=O) groups is 1. The second-order valence-corrected chi connectivity index (χ2v) is 5.27. The SMILES string of the molecule is COc1ccccc1OC[C@H](O)CNC(=O)c1ccc(Cl)cc1. The molecule has 0 aliphatic carbocycles. The number of amides is 1. The minimum absolute atomic E-state index is 0.0429. The van der Waals surface area contributed by atoms with Gasteiger partial charge in [0.1, 0.15) is 12.7 Å². The smallest absolute Gasteiger partial charge is 0.251 e. The van der Waals surface area contributed by atoms with E-state index in [2.05, 4.69) is 5.32 Å². The number of halogens is 1. The summed E-state index contributed by atoms with van der Waals surface area (Å²) in [7, 11) is 1.55. The lowest BCUT2D eigenvalue weighted by Crippen LogP contribution is -2.35. The molecular formula is C17H18ClNO4. The molecule has 2 aromatic carbocycles. The normalized spacial score (nSPS) is 11.6. The van der Waals surface area contributed by atoms with Gasteiger partial charge in [-0.05, 0) is 36.4 Å². The summed E-state index contributed by atoms with van der Waals surface area (Å²) in [5.41, 5.74) is 0.479. The highest BCUT2D eigenvalue weighted by Crippen LogP contribution is 2.25. The fourth-order valence-electron chi connectivity index (χ4n) is 1.90. The molecule has 0 spiro atoms. The van der Waals surface area contributed by atoms with Crippen LogP contribution in [0.2, 0.25) is 5.02 Å². The molecule has 0 aliphatic heterocycles. The van der Waals surface area contributed by atoms with Gasteiger partial charge in [-0.15, -0.1) is 0 Å². The average Bonchev–Trinajstić information content (AvgIpc) is 2.58. The minimum Gasteiger partial charge on any atom is -0.493 e. The van der Waals surface area contributed by atoms with Crippen molar-refractivity contribution in [2.45, 2.75) is 6.10 Å². The second kappa shape index (κ2) is 8.41. The standard InChI is InChI=1S/C17H18ClNO4/c1-22-15-4-2-3-5-16(15)23-11-14(20)10-19-17(21)12-6-8-13(18)9-7-12/h2-9,14,20H,10-11H2,1H3,(H,19,21)/t14-/m1/s1. The first-order valence-electron chi connectivity index (χ1n) is 7.08. The van der Waals surface area contributed by atoms with E-state index in [1.165, 1.54) is 0 Å². The molecule has 2 rings (SSSR count). The van der Waals surface area contributed by atoms with Gasteiger partial charge in [0, 0.05) is 17.1 Å². The lowest BCUT2D eigenvalue weighted by molar-refractivity contribution is 0.0839. The molecule has 0 saturated carbocycles. The summed E-state index contributed by atoms with van der Waals surface area (Å²) in [6, 6.07) is 13.7. The Bertz CT molecular complexity index is 645. The quantitative estimate of drug-likeness (QED) is 0.816. The van der Waals surface area contributed by atoms with Crippen LogP contribution in [0, 0.1) is 0 Å². The van der Waals surface area contributed by atoms with Crippen LogP contribution in [0.25, 0.3) is 0 Å². The van der Waals surface area contributed by atoms with Crippen molar-refractivity contribution in [1.29, 1.82) is 0 Å². The highest BCUT2D eigenvalue weighted by molar-refractivity contribution is 6.30. The molecule has 0 radical (unpaired) electrons. The molecule has 0 saturated heterocycles. The van der Waals surface area contributed by atoms with E-state index < -0.39 is 6.10 Å². The van der Waals surface area contributed by atoms with Gasteiger partial charge in [-0.1, -0.05) is 23.7 Å². The Balaban J connectivity index is 1.79. The summed E-state index contributed by atoms with van der Waals surface area (Å²) in [6.07, 6.45) is -0.837. The van der Waals surface area contributed by atoms with Crippen LogP contribution in [0.1, 0.15) is 10.4 Å². The third-order valence-electron chi connectivity index (χ3n) is 3.10. The molecule has 5 nitrogen and oxygen atoms in total. The topological polar surface area (TPSA) is 67.8 Å². The van der Waals surface area contributed by atoms with Crippen molar-refractivity contribution in [3.63, 3.8) is 0 Å². The lowest BCUT2D eigenvalue weighted by atomic mass is 10.2. The highest BCUT2D eigenvalue weighted by Gasteiger charge is 2.11. The maximum Gasteiger partial charge on any atom is 0.251 e. The number of carbonyl (C=O) groups excluding carboxylic acids is 1. The molecule has 0 aromatic heterocycles. The van der Waals surface area contributed by atoms with Crippen molar-refractivity contribution in [1.82, 2.24) is 5.32 Å². The van der Waals surface area contributed by atoms with Crippen molar-refractivity contribution in [3.8, 4) is 11.5 Å². The highest BCUT2D eigenvalue weighted by atomic mass is 35.5. The predicted molar refractivity (Wildman–Crippen MR) is 88.3 cm³/mol. The van der Waals surface area contributed by atoms with Crippen molar-refractivity contribution < 1.29 is 19.4 Å². The fourth-order valence-corrected chi connectivity index (χ4v) is 2.02. The molecule has 0 unspecified atom stereocenters. The number of hydrogen-bond acceptors (Lipinski definition) is 4. The Morgan fingerprint density at radius 1 is 1.17 bits per heavy atom. The van der Waals surface area contributed by atoms with E-state index in [9.17, 15) is 9.90 Å². The van der Waals surface area contributed by atoms with Crippen LogP contribution < -0.4 is 14.8 Å². The number of benzene rings is 2. The van der Waals surface area contributed by atoms with Crippen LogP contribution >= 0.6 is 11.6 Å². The van der Waals surface area contributed by atoms with Crippen LogP contribution in [-0.4, -0.2) is 37.4 Å². The number of aliphatic hydroxyl groups excluding tert-OH is 1. The Morgan fingerprint density at radius 3 is 2.48 bits per heavy atom. The molecule has 0 heterocycles. The molecule has 23 heavy (non-hydrogen) atoms. The first kappa shape index (κ1) is 17.1. The molecule has 2 aromatic rings. The van der Waals surface area contributed by atoms with Gasteiger partial charge in [-0.3, -0.25) is 4.79 Å². The van der Waals surface area contributed by atoms with Crippen LogP contribution in [0.4, 0.5) is 0 Å². The molecule has 0 aliphatic rings. The number of nitrogens with one attached hydrogen (secondary N) is 1. The summed E-state index contributed by atoms with van der Waals surface area (Å²) in [6.45, 7) is 0.123. The van der Waals surface area contributed by atoms with Gasteiger partial charge in [-0.25, -0.2) is 0 Å². The zero-order chi connectivity index (χ0) is 16.7. The van der Waals surface area contributed by atoms with Gasteiger partial charge in [-0.2, -0.15) is 0 Å². The number of rotatable bonds is 7. The van der Waals surface area contributed by atoms with Crippen molar-refractivity contribution in [2.75, 3.05) is 20.3 Å².